The van der Waals surface area contributed by atoms with E-state index < -0.39 is 0 Å². The molecule has 0 spiro atoms. The van der Waals surface area contributed by atoms with Gasteiger partial charge in [0.25, 0.3) is 5.91 Å². The summed E-state index contributed by atoms with van der Waals surface area (Å²) in [6, 6.07) is 20.1. The van der Waals surface area contributed by atoms with Gasteiger partial charge in [-0.3, -0.25) is 9.59 Å². The molecule has 0 aliphatic heterocycles. The highest BCUT2D eigenvalue weighted by atomic mass is 32.1. The van der Waals surface area contributed by atoms with Crippen molar-refractivity contribution in [3.63, 3.8) is 0 Å². The van der Waals surface area contributed by atoms with Crippen molar-refractivity contribution in [3.05, 3.63) is 94.2 Å². The zero-order valence-corrected chi connectivity index (χ0v) is 13.6. The Morgan fingerprint density at radius 3 is 2.50 bits per heavy atom. The van der Waals surface area contributed by atoms with Gasteiger partial charge in [0.1, 0.15) is 0 Å². The normalized spacial score (nSPS) is 10.7. The van der Waals surface area contributed by atoms with Crippen LogP contribution in [0.3, 0.4) is 0 Å². The second kappa shape index (κ2) is 7.53. The monoisotopic (exact) mass is 333 g/mol. The number of carbonyl (C=O) groups is 2. The lowest BCUT2D eigenvalue weighted by molar-refractivity contribution is 0.102. The molecule has 0 saturated heterocycles. The van der Waals surface area contributed by atoms with Gasteiger partial charge in [-0.15, -0.1) is 11.3 Å². The molecule has 1 amide bonds. The molecule has 0 saturated carbocycles. The van der Waals surface area contributed by atoms with Gasteiger partial charge in [-0.25, -0.2) is 0 Å². The molecular weight excluding hydrogens is 318 g/mol. The van der Waals surface area contributed by atoms with Crippen molar-refractivity contribution in [1.29, 1.82) is 0 Å². The average molecular weight is 333 g/mol. The molecule has 24 heavy (non-hydrogen) atoms. The van der Waals surface area contributed by atoms with Gasteiger partial charge in [-0.2, -0.15) is 0 Å². The van der Waals surface area contributed by atoms with Crippen LogP contribution >= 0.6 is 11.3 Å². The van der Waals surface area contributed by atoms with Gasteiger partial charge in [0.2, 0.25) is 0 Å². The molecule has 0 aliphatic carbocycles. The Morgan fingerprint density at radius 2 is 1.75 bits per heavy atom. The standard InChI is InChI=1S/C20H15NO2S/c22-18(16-7-2-1-3-8-16)12-11-15-6-4-9-17(14-15)21-20(23)19-10-5-13-24-19/h1-14H,(H,21,23). The Labute approximate surface area is 144 Å². The molecule has 3 aromatic rings. The summed E-state index contributed by atoms with van der Waals surface area (Å²) in [4.78, 5) is 24.8. The third-order valence-electron chi connectivity index (χ3n) is 3.37. The summed E-state index contributed by atoms with van der Waals surface area (Å²) in [6.45, 7) is 0. The fourth-order valence-corrected chi connectivity index (χ4v) is 2.81. The summed E-state index contributed by atoms with van der Waals surface area (Å²) in [7, 11) is 0. The van der Waals surface area contributed by atoms with Gasteiger partial charge in [0.05, 0.1) is 4.88 Å². The number of amides is 1. The van der Waals surface area contributed by atoms with Crippen LogP contribution in [0.25, 0.3) is 6.08 Å². The Morgan fingerprint density at radius 1 is 0.917 bits per heavy atom. The largest absolute Gasteiger partial charge is 0.321 e. The SMILES string of the molecule is O=C(C=Cc1cccc(NC(=O)c2cccs2)c1)c1ccccc1. The Kier molecular flexibility index (Phi) is 4.99. The van der Waals surface area contributed by atoms with Crippen LogP contribution in [0.1, 0.15) is 25.6 Å². The van der Waals surface area contributed by atoms with E-state index in [-0.39, 0.29) is 11.7 Å². The maximum Gasteiger partial charge on any atom is 0.265 e. The van der Waals surface area contributed by atoms with Crippen LogP contribution in [0.4, 0.5) is 5.69 Å². The minimum Gasteiger partial charge on any atom is -0.321 e. The number of thiophene rings is 1. The molecule has 2 aromatic carbocycles. The van der Waals surface area contributed by atoms with Crippen molar-refractivity contribution in [3.8, 4) is 0 Å². The zero-order chi connectivity index (χ0) is 16.8. The van der Waals surface area contributed by atoms with Crippen LogP contribution in [-0.4, -0.2) is 11.7 Å². The predicted molar refractivity (Wildman–Crippen MR) is 98.5 cm³/mol. The fraction of sp³-hybridized carbons (Fsp3) is 0. The van der Waals surface area contributed by atoms with Crippen molar-refractivity contribution in [1.82, 2.24) is 0 Å². The maximum absolute atomic E-state index is 12.1. The van der Waals surface area contributed by atoms with E-state index in [2.05, 4.69) is 5.32 Å². The number of anilines is 1. The molecule has 118 valence electrons. The third kappa shape index (κ3) is 4.06. The quantitative estimate of drug-likeness (QED) is 0.533. The summed E-state index contributed by atoms with van der Waals surface area (Å²) in [5.41, 5.74) is 2.20. The van der Waals surface area contributed by atoms with E-state index in [0.717, 1.165) is 5.56 Å². The Balaban J connectivity index is 1.70. The molecule has 4 heteroatoms. The Bertz CT molecular complexity index is 868. The van der Waals surface area contributed by atoms with Crippen LogP contribution in [0.15, 0.2) is 78.2 Å². The van der Waals surface area contributed by atoms with Crippen LogP contribution in [-0.2, 0) is 0 Å². The van der Waals surface area contributed by atoms with E-state index in [1.807, 2.05) is 53.9 Å². The molecule has 0 atom stereocenters. The zero-order valence-electron chi connectivity index (χ0n) is 12.8. The lowest BCUT2D eigenvalue weighted by Gasteiger charge is -2.04. The summed E-state index contributed by atoms with van der Waals surface area (Å²) in [5, 5.41) is 4.72. The predicted octanol–water partition coefficient (Wildman–Crippen LogP) is 4.90. The number of carbonyl (C=O) groups excluding carboxylic acids is 2. The van der Waals surface area contributed by atoms with E-state index in [1.54, 1.807) is 24.3 Å². The molecule has 1 heterocycles. The van der Waals surface area contributed by atoms with E-state index >= 15 is 0 Å². The van der Waals surface area contributed by atoms with Gasteiger partial charge < -0.3 is 5.32 Å². The molecule has 0 radical (unpaired) electrons. The van der Waals surface area contributed by atoms with Crippen molar-refractivity contribution < 1.29 is 9.59 Å². The summed E-state index contributed by atoms with van der Waals surface area (Å²) < 4.78 is 0. The van der Waals surface area contributed by atoms with E-state index in [9.17, 15) is 9.59 Å². The van der Waals surface area contributed by atoms with Crippen LogP contribution in [0.5, 0.6) is 0 Å². The second-order valence-electron chi connectivity index (χ2n) is 5.12. The first-order chi connectivity index (χ1) is 11.7. The minimum atomic E-state index is -0.133. The van der Waals surface area contributed by atoms with E-state index in [1.165, 1.54) is 17.4 Å². The number of nitrogens with one attached hydrogen (secondary N) is 1. The molecule has 0 unspecified atom stereocenters. The first-order valence-electron chi connectivity index (χ1n) is 7.45. The number of hydrogen-bond donors (Lipinski definition) is 1. The minimum absolute atomic E-state index is 0.0522. The van der Waals surface area contributed by atoms with Crippen molar-refractivity contribution >= 4 is 34.8 Å². The Hall–Kier alpha value is -2.98. The number of benzene rings is 2. The van der Waals surface area contributed by atoms with E-state index in [4.69, 9.17) is 0 Å². The van der Waals surface area contributed by atoms with Gasteiger partial charge in [0, 0.05) is 11.3 Å². The second-order valence-corrected chi connectivity index (χ2v) is 6.07. The van der Waals surface area contributed by atoms with Gasteiger partial charge >= 0.3 is 0 Å². The molecule has 3 rings (SSSR count). The van der Waals surface area contributed by atoms with Gasteiger partial charge in [-0.05, 0) is 35.2 Å². The highest BCUT2D eigenvalue weighted by Gasteiger charge is 2.06. The number of allylic oxidation sites excluding steroid dienone is 1. The fourth-order valence-electron chi connectivity index (χ4n) is 2.19. The van der Waals surface area contributed by atoms with Crippen molar-refractivity contribution in [2.75, 3.05) is 5.32 Å². The first kappa shape index (κ1) is 15.9. The third-order valence-corrected chi connectivity index (χ3v) is 4.24. The van der Waals surface area contributed by atoms with Crippen LogP contribution < -0.4 is 5.32 Å². The van der Waals surface area contributed by atoms with E-state index in [0.29, 0.717) is 16.1 Å². The molecule has 0 bridgehead atoms. The highest BCUT2D eigenvalue weighted by Crippen LogP contribution is 2.16. The van der Waals surface area contributed by atoms with Crippen LogP contribution in [0, 0.1) is 0 Å². The molecule has 0 fully saturated rings. The summed E-state index contributed by atoms with van der Waals surface area (Å²) >= 11 is 1.40. The summed E-state index contributed by atoms with van der Waals surface area (Å²) in [5.74, 6) is -0.185. The molecule has 0 aliphatic rings. The average Bonchev–Trinajstić information content (AvgIpc) is 3.15. The highest BCUT2D eigenvalue weighted by molar-refractivity contribution is 7.12. The smallest absolute Gasteiger partial charge is 0.265 e. The van der Waals surface area contributed by atoms with Gasteiger partial charge in [-0.1, -0.05) is 54.6 Å². The number of rotatable bonds is 5. The van der Waals surface area contributed by atoms with Gasteiger partial charge in [0.15, 0.2) is 5.78 Å². The first-order valence-corrected chi connectivity index (χ1v) is 8.33. The molecular formula is C20H15NO2S. The summed E-state index contributed by atoms with van der Waals surface area (Å²) in [6.07, 6.45) is 3.28. The lowest BCUT2D eigenvalue weighted by Crippen LogP contribution is -2.09. The molecule has 3 nitrogen and oxygen atoms in total. The van der Waals surface area contributed by atoms with Crippen LogP contribution in [0.2, 0.25) is 0 Å². The van der Waals surface area contributed by atoms with Crippen molar-refractivity contribution in [2.45, 2.75) is 0 Å². The number of hydrogen-bond acceptors (Lipinski definition) is 3. The molecule has 1 N–H and O–H groups in total. The van der Waals surface area contributed by atoms with Crippen molar-refractivity contribution in [2.24, 2.45) is 0 Å². The number of ketones is 1. The maximum atomic E-state index is 12.1. The molecule has 1 aromatic heterocycles. The lowest BCUT2D eigenvalue weighted by atomic mass is 10.1. The topological polar surface area (TPSA) is 46.2 Å².